The third-order valence-corrected chi connectivity index (χ3v) is 3.19. The number of hydrogen-bond donors (Lipinski definition) is 2. The number of aliphatic hydroxyl groups is 1. The lowest BCUT2D eigenvalue weighted by molar-refractivity contribution is 0.214. The number of nitrogens with zero attached hydrogens (tertiary/aromatic N) is 2. The van der Waals surface area contributed by atoms with Crippen LogP contribution >= 0.6 is 11.6 Å². The molecule has 0 spiro atoms. The average Bonchev–Trinajstić information content (AvgIpc) is 2.71. The van der Waals surface area contributed by atoms with E-state index in [0.717, 1.165) is 25.7 Å². The summed E-state index contributed by atoms with van der Waals surface area (Å²) in [6, 6.07) is 0. The lowest BCUT2D eigenvalue weighted by Crippen LogP contribution is -2.39. The zero-order chi connectivity index (χ0) is 10.7. The first-order chi connectivity index (χ1) is 7.26. The van der Waals surface area contributed by atoms with Gasteiger partial charge in [0.15, 0.2) is 0 Å². The maximum atomic E-state index is 9.42. The van der Waals surface area contributed by atoms with Gasteiger partial charge in [-0.15, -0.1) is 0 Å². The fourth-order valence-corrected chi connectivity index (χ4v) is 2.18. The summed E-state index contributed by atoms with van der Waals surface area (Å²) in [6.45, 7) is 0.118. The van der Waals surface area contributed by atoms with Crippen LogP contribution < -0.4 is 5.32 Å². The number of aliphatic hydroxyl groups excluding tert-OH is 1. The molecule has 0 bridgehead atoms. The van der Waals surface area contributed by atoms with Crippen molar-refractivity contribution in [2.24, 2.45) is 0 Å². The van der Waals surface area contributed by atoms with Crippen molar-refractivity contribution in [2.45, 2.75) is 31.2 Å². The normalized spacial score (nSPS) is 19.1. The smallest absolute Gasteiger partial charge is 0.148 e. The Labute approximate surface area is 93.7 Å². The molecule has 0 aliphatic heterocycles. The molecule has 2 N–H and O–H groups in total. The van der Waals surface area contributed by atoms with Crippen LogP contribution in [-0.2, 0) is 0 Å². The lowest BCUT2D eigenvalue weighted by atomic mass is 9.99. The van der Waals surface area contributed by atoms with Gasteiger partial charge in [0.2, 0.25) is 0 Å². The largest absolute Gasteiger partial charge is 0.394 e. The third-order valence-electron chi connectivity index (χ3n) is 2.91. The fraction of sp³-hybridized carbons (Fsp3) is 0.600. The first-order valence-corrected chi connectivity index (χ1v) is 5.48. The highest BCUT2D eigenvalue weighted by molar-refractivity contribution is 6.32. The minimum Gasteiger partial charge on any atom is -0.394 e. The standard InChI is InChI=1S/C10H14ClN3O/c11-8-5-12-7-13-9(8)14-10(6-15)3-1-2-4-10/h5,7,15H,1-4,6H2,(H,12,13,14). The molecule has 0 amide bonds. The molecule has 0 aromatic carbocycles. The molecule has 4 nitrogen and oxygen atoms in total. The zero-order valence-electron chi connectivity index (χ0n) is 8.41. The van der Waals surface area contributed by atoms with Crippen LogP contribution in [0.15, 0.2) is 12.5 Å². The molecular formula is C10H14ClN3O. The second-order valence-electron chi connectivity index (χ2n) is 3.99. The SMILES string of the molecule is OCC1(Nc2ncncc2Cl)CCCC1. The molecule has 0 atom stereocenters. The van der Waals surface area contributed by atoms with E-state index < -0.39 is 0 Å². The highest BCUT2D eigenvalue weighted by Gasteiger charge is 2.33. The quantitative estimate of drug-likeness (QED) is 0.828. The van der Waals surface area contributed by atoms with Crippen molar-refractivity contribution >= 4 is 17.4 Å². The summed E-state index contributed by atoms with van der Waals surface area (Å²) < 4.78 is 0. The Hall–Kier alpha value is -0.870. The van der Waals surface area contributed by atoms with Gasteiger partial charge in [0.25, 0.3) is 0 Å². The van der Waals surface area contributed by atoms with Crippen LogP contribution in [0.2, 0.25) is 5.02 Å². The molecule has 2 rings (SSSR count). The summed E-state index contributed by atoms with van der Waals surface area (Å²) in [7, 11) is 0. The Morgan fingerprint density at radius 2 is 2.20 bits per heavy atom. The number of halogens is 1. The van der Waals surface area contributed by atoms with E-state index in [0.29, 0.717) is 10.8 Å². The van der Waals surface area contributed by atoms with Gasteiger partial charge in [-0.2, -0.15) is 0 Å². The van der Waals surface area contributed by atoms with Gasteiger partial charge in [-0.05, 0) is 12.8 Å². The van der Waals surface area contributed by atoms with Gasteiger partial charge in [0.1, 0.15) is 17.2 Å². The van der Waals surface area contributed by atoms with Crippen molar-refractivity contribution in [3.8, 4) is 0 Å². The van der Waals surface area contributed by atoms with E-state index in [1.807, 2.05) is 0 Å². The molecule has 1 aromatic heterocycles. The second kappa shape index (κ2) is 4.33. The van der Waals surface area contributed by atoms with Crippen molar-refractivity contribution in [2.75, 3.05) is 11.9 Å². The number of aromatic nitrogens is 2. The molecule has 82 valence electrons. The van der Waals surface area contributed by atoms with Gasteiger partial charge < -0.3 is 10.4 Å². The van der Waals surface area contributed by atoms with Crippen LogP contribution in [0.3, 0.4) is 0 Å². The van der Waals surface area contributed by atoms with Crippen LogP contribution in [0.1, 0.15) is 25.7 Å². The van der Waals surface area contributed by atoms with Crippen LogP contribution in [0.4, 0.5) is 5.82 Å². The molecule has 1 fully saturated rings. The van der Waals surface area contributed by atoms with Crippen molar-refractivity contribution < 1.29 is 5.11 Å². The highest BCUT2D eigenvalue weighted by Crippen LogP contribution is 2.33. The lowest BCUT2D eigenvalue weighted by Gasteiger charge is -2.28. The Morgan fingerprint density at radius 1 is 1.47 bits per heavy atom. The predicted molar refractivity (Wildman–Crippen MR) is 58.9 cm³/mol. The van der Waals surface area contributed by atoms with E-state index in [2.05, 4.69) is 15.3 Å². The van der Waals surface area contributed by atoms with Crippen LogP contribution in [0.5, 0.6) is 0 Å². The summed E-state index contributed by atoms with van der Waals surface area (Å²) in [4.78, 5) is 7.89. The Balaban J connectivity index is 2.16. The number of nitrogens with one attached hydrogen (secondary N) is 1. The van der Waals surface area contributed by atoms with E-state index in [-0.39, 0.29) is 12.1 Å². The number of hydrogen-bond acceptors (Lipinski definition) is 4. The molecule has 5 heteroatoms. The molecule has 1 aliphatic carbocycles. The van der Waals surface area contributed by atoms with E-state index in [1.165, 1.54) is 6.33 Å². The first-order valence-electron chi connectivity index (χ1n) is 5.10. The highest BCUT2D eigenvalue weighted by atomic mass is 35.5. The zero-order valence-corrected chi connectivity index (χ0v) is 9.17. The van der Waals surface area contributed by atoms with Crippen LogP contribution in [0, 0.1) is 0 Å². The Kier molecular flexibility index (Phi) is 3.07. The molecule has 1 heterocycles. The minimum absolute atomic E-state index is 0.118. The van der Waals surface area contributed by atoms with Gasteiger partial charge in [0, 0.05) is 0 Å². The predicted octanol–water partition coefficient (Wildman–Crippen LogP) is 1.85. The molecule has 0 radical (unpaired) electrons. The van der Waals surface area contributed by atoms with E-state index >= 15 is 0 Å². The topological polar surface area (TPSA) is 58.0 Å². The summed E-state index contributed by atoms with van der Waals surface area (Å²) in [5, 5.41) is 13.2. The number of rotatable bonds is 3. The molecule has 1 saturated carbocycles. The van der Waals surface area contributed by atoms with E-state index in [9.17, 15) is 5.11 Å². The van der Waals surface area contributed by atoms with Gasteiger partial charge in [0.05, 0.1) is 18.3 Å². The van der Waals surface area contributed by atoms with Gasteiger partial charge >= 0.3 is 0 Å². The Morgan fingerprint density at radius 3 is 2.80 bits per heavy atom. The summed E-state index contributed by atoms with van der Waals surface area (Å²) in [6.07, 6.45) is 7.20. The number of anilines is 1. The fourth-order valence-electron chi connectivity index (χ4n) is 2.03. The van der Waals surface area contributed by atoms with Crippen molar-refractivity contribution in [1.29, 1.82) is 0 Å². The summed E-state index contributed by atoms with van der Waals surface area (Å²) in [5.74, 6) is 0.614. The van der Waals surface area contributed by atoms with Gasteiger partial charge in [-0.3, -0.25) is 0 Å². The van der Waals surface area contributed by atoms with E-state index in [4.69, 9.17) is 11.6 Å². The van der Waals surface area contributed by atoms with Crippen molar-refractivity contribution in [3.05, 3.63) is 17.5 Å². The van der Waals surface area contributed by atoms with Crippen molar-refractivity contribution in [3.63, 3.8) is 0 Å². The minimum atomic E-state index is -0.238. The average molecular weight is 228 g/mol. The molecule has 15 heavy (non-hydrogen) atoms. The molecular weight excluding hydrogens is 214 g/mol. The maximum Gasteiger partial charge on any atom is 0.148 e. The third kappa shape index (κ3) is 2.21. The summed E-state index contributed by atoms with van der Waals surface area (Å²) >= 11 is 5.95. The second-order valence-corrected chi connectivity index (χ2v) is 4.40. The molecule has 1 aliphatic rings. The first kappa shape index (κ1) is 10.6. The molecule has 0 unspecified atom stereocenters. The molecule has 0 saturated heterocycles. The van der Waals surface area contributed by atoms with Crippen molar-refractivity contribution in [1.82, 2.24) is 9.97 Å². The van der Waals surface area contributed by atoms with E-state index in [1.54, 1.807) is 6.20 Å². The van der Waals surface area contributed by atoms with Crippen LogP contribution in [-0.4, -0.2) is 27.2 Å². The Bertz CT molecular complexity index is 339. The van der Waals surface area contributed by atoms with Gasteiger partial charge in [-0.1, -0.05) is 24.4 Å². The van der Waals surface area contributed by atoms with Gasteiger partial charge in [-0.25, -0.2) is 9.97 Å². The molecule has 1 aromatic rings. The maximum absolute atomic E-state index is 9.42. The van der Waals surface area contributed by atoms with Crippen LogP contribution in [0.25, 0.3) is 0 Å². The summed E-state index contributed by atoms with van der Waals surface area (Å²) in [5.41, 5.74) is -0.238. The monoisotopic (exact) mass is 227 g/mol.